The van der Waals surface area contributed by atoms with E-state index in [2.05, 4.69) is 15.6 Å². The molecule has 0 saturated heterocycles. The summed E-state index contributed by atoms with van der Waals surface area (Å²) in [5.74, 6) is 0.434. The van der Waals surface area contributed by atoms with Crippen molar-refractivity contribution in [3.8, 4) is 5.88 Å². The highest BCUT2D eigenvalue weighted by Crippen LogP contribution is 2.13. The Morgan fingerprint density at radius 3 is 2.50 bits per heavy atom. The maximum absolute atomic E-state index is 12.0. The quantitative estimate of drug-likeness (QED) is 0.877. The van der Waals surface area contributed by atoms with Gasteiger partial charge in [-0.15, -0.1) is 0 Å². The van der Waals surface area contributed by atoms with Crippen LogP contribution in [0, 0.1) is 0 Å². The summed E-state index contributed by atoms with van der Waals surface area (Å²) >= 11 is 0. The van der Waals surface area contributed by atoms with Crippen molar-refractivity contribution in [1.82, 2.24) is 4.98 Å². The van der Waals surface area contributed by atoms with Crippen LogP contribution in [0.15, 0.2) is 48.7 Å². The van der Waals surface area contributed by atoms with Gasteiger partial charge in [-0.3, -0.25) is 4.79 Å². The SMILES string of the molecule is COc1ccc(NC(C)C(=O)Nc2ccccc2)cn1. The Labute approximate surface area is 118 Å². The Balaban J connectivity index is 1.93. The fraction of sp³-hybridized carbons (Fsp3) is 0.200. The molecule has 0 saturated carbocycles. The largest absolute Gasteiger partial charge is 0.481 e. The highest BCUT2D eigenvalue weighted by atomic mass is 16.5. The van der Waals surface area contributed by atoms with Crippen LogP contribution in [0.25, 0.3) is 0 Å². The lowest BCUT2D eigenvalue weighted by molar-refractivity contribution is -0.116. The topological polar surface area (TPSA) is 63.2 Å². The average Bonchev–Trinajstić information content (AvgIpc) is 2.49. The van der Waals surface area contributed by atoms with E-state index in [0.29, 0.717) is 5.88 Å². The Bertz CT molecular complexity index is 555. The number of methoxy groups -OCH3 is 1. The molecule has 0 spiro atoms. The number of carbonyl (C=O) groups is 1. The van der Waals surface area contributed by atoms with E-state index in [9.17, 15) is 4.79 Å². The van der Waals surface area contributed by atoms with Crippen LogP contribution in [0.5, 0.6) is 5.88 Å². The highest BCUT2D eigenvalue weighted by molar-refractivity contribution is 5.96. The van der Waals surface area contributed by atoms with Crippen LogP contribution >= 0.6 is 0 Å². The third-order valence-corrected chi connectivity index (χ3v) is 2.76. The first kappa shape index (κ1) is 13.9. The highest BCUT2D eigenvalue weighted by Gasteiger charge is 2.12. The molecule has 0 radical (unpaired) electrons. The number of pyridine rings is 1. The van der Waals surface area contributed by atoms with Gasteiger partial charge in [-0.1, -0.05) is 18.2 Å². The maximum atomic E-state index is 12.0. The molecule has 2 aromatic rings. The minimum Gasteiger partial charge on any atom is -0.481 e. The van der Waals surface area contributed by atoms with Crippen LogP contribution in [0.4, 0.5) is 11.4 Å². The van der Waals surface area contributed by atoms with Crippen molar-refractivity contribution < 1.29 is 9.53 Å². The van der Waals surface area contributed by atoms with Crippen LogP contribution in [0.1, 0.15) is 6.92 Å². The van der Waals surface area contributed by atoms with Crippen molar-refractivity contribution in [3.05, 3.63) is 48.7 Å². The number of aromatic nitrogens is 1. The molecule has 1 aromatic carbocycles. The van der Waals surface area contributed by atoms with Crippen molar-refractivity contribution in [2.75, 3.05) is 17.7 Å². The van der Waals surface area contributed by atoms with Crippen molar-refractivity contribution >= 4 is 17.3 Å². The van der Waals surface area contributed by atoms with Crippen LogP contribution in [0.3, 0.4) is 0 Å². The second-order valence-electron chi connectivity index (χ2n) is 4.31. The minimum absolute atomic E-state index is 0.105. The number of anilines is 2. The fourth-order valence-corrected chi connectivity index (χ4v) is 1.67. The van der Waals surface area contributed by atoms with Gasteiger partial charge in [0.15, 0.2) is 0 Å². The molecule has 2 N–H and O–H groups in total. The van der Waals surface area contributed by atoms with E-state index < -0.39 is 0 Å². The second-order valence-corrected chi connectivity index (χ2v) is 4.31. The Hall–Kier alpha value is -2.56. The second kappa shape index (κ2) is 6.56. The number of nitrogens with one attached hydrogen (secondary N) is 2. The number of rotatable bonds is 5. The van der Waals surface area contributed by atoms with Crippen molar-refractivity contribution in [1.29, 1.82) is 0 Å². The molecular formula is C15H17N3O2. The molecule has 0 aliphatic rings. The standard InChI is InChI=1S/C15H17N3O2/c1-11(15(19)18-12-6-4-3-5-7-12)17-13-8-9-14(20-2)16-10-13/h3-11,17H,1-2H3,(H,18,19). The first-order chi connectivity index (χ1) is 9.69. The molecule has 2 rings (SSSR count). The van der Waals surface area contributed by atoms with Gasteiger partial charge in [0, 0.05) is 11.8 Å². The lowest BCUT2D eigenvalue weighted by atomic mass is 10.2. The number of hydrogen-bond donors (Lipinski definition) is 2. The van der Waals surface area contributed by atoms with Gasteiger partial charge in [0.1, 0.15) is 6.04 Å². The van der Waals surface area contributed by atoms with E-state index in [4.69, 9.17) is 4.74 Å². The number of para-hydroxylation sites is 1. The summed E-state index contributed by atoms with van der Waals surface area (Å²) in [5.41, 5.74) is 1.54. The molecule has 20 heavy (non-hydrogen) atoms. The first-order valence-corrected chi connectivity index (χ1v) is 6.31. The maximum Gasteiger partial charge on any atom is 0.246 e. The fourth-order valence-electron chi connectivity index (χ4n) is 1.67. The average molecular weight is 271 g/mol. The Morgan fingerprint density at radius 1 is 1.15 bits per heavy atom. The van der Waals surface area contributed by atoms with E-state index in [1.54, 1.807) is 26.3 Å². The molecule has 1 amide bonds. The van der Waals surface area contributed by atoms with Crippen LogP contribution in [-0.2, 0) is 4.79 Å². The molecule has 1 aromatic heterocycles. The number of hydrogen-bond acceptors (Lipinski definition) is 4. The minimum atomic E-state index is -0.370. The molecule has 1 unspecified atom stereocenters. The van der Waals surface area contributed by atoms with Crippen LogP contribution < -0.4 is 15.4 Å². The van der Waals surface area contributed by atoms with E-state index in [1.165, 1.54) is 0 Å². The first-order valence-electron chi connectivity index (χ1n) is 6.31. The van der Waals surface area contributed by atoms with Gasteiger partial charge in [0.2, 0.25) is 11.8 Å². The number of nitrogens with zero attached hydrogens (tertiary/aromatic N) is 1. The van der Waals surface area contributed by atoms with E-state index in [-0.39, 0.29) is 11.9 Å². The van der Waals surface area contributed by atoms with Gasteiger partial charge < -0.3 is 15.4 Å². The lowest BCUT2D eigenvalue weighted by Gasteiger charge is -2.15. The summed E-state index contributed by atoms with van der Waals surface area (Å²) in [6.45, 7) is 1.79. The van der Waals surface area contributed by atoms with Crippen molar-refractivity contribution in [2.24, 2.45) is 0 Å². The van der Waals surface area contributed by atoms with Crippen LogP contribution in [0.2, 0.25) is 0 Å². The summed E-state index contributed by atoms with van der Waals surface area (Å²) < 4.78 is 4.98. The van der Waals surface area contributed by atoms with Gasteiger partial charge >= 0.3 is 0 Å². The van der Waals surface area contributed by atoms with Gasteiger partial charge in [0.25, 0.3) is 0 Å². The molecule has 0 aliphatic heterocycles. The van der Waals surface area contributed by atoms with Gasteiger partial charge in [-0.2, -0.15) is 0 Å². The molecule has 5 nitrogen and oxygen atoms in total. The number of carbonyl (C=O) groups excluding carboxylic acids is 1. The zero-order valence-corrected chi connectivity index (χ0v) is 11.5. The number of amides is 1. The van der Waals surface area contributed by atoms with E-state index in [1.807, 2.05) is 36.4 Å². The molecular weight excluding hydrogens is 254 g/mol. The molecule has 0 aliphatic carbocycles. The summed E-state index contributed by atoms with van der Waals surface area (Å²) in [6, 6.07) is 12.5. The monoisotopic (exact) mass is 271 g/mol. The molecule has 0 fully saturated rings. The van der Waals surface area contributed by atoms with Gasteiger partial charge in [0.05, 0.1) is 19.0 Å². The number of ether oxygens (including phenoxy) is 1. The van der Waals surface area contributed by atoms with E-state index >= 15 is 0 Å². The van der Waals surface area contributed by atoms with Crippen LogP contribution in [-0.4, -0.2) is 24.0 Å². The van der Waals surface area contributed by atoms with Gasteiger partial charge in [-0.05, 0) is 25.1 Å². The number of benzene rings is 1. The van der Waals surface area contributed by atoms with Crippen molar-refractivity contribution in [2.45, 2.75) is 13.0 Å². The van der Waals surface area contributed by atoms with Crippen molar-refractivity contribution in [3.63, 3.8) is 0 Å². The van der Waals surface area contributed by atoms with Gasteiger partial charge in [-0.25, -0.2) is 4.98 Å². The third kappa shape index (κ3) is 3.71. The zero-order valence-electron chi connectivity index (χ0n) is 11.5. The molecule has 104 valence electrons. The molecule has 1 atom stereocenters. The normalized spacial score (nSPS) is 11.5. The predicted molar refractivity (Wildman–Crippen MR) is 78.9 cm³/mol. The summed E-state index contributed by atoms with van der Waals surface area (Å²) in [4.78, 5) is 16.1. The predicted octanol–water partition coefficient (Wildman–Crippen LogP) is 2.53. The Kier molecular flexibility index (Phi) is 4.55. The lowest BCUT2D eigenvalue weighted by Crippen LogP contribution is -2.31. The zero-order chi connectivity index (χ0) is 14.4. The molecule has 0 bridgehead atoms. The smallest absolute Gasteiger partial charge is 0.246 e. The third-order valence-electron chi connectivity index (χ3n) is 2.76. The Morgan fingerprint density at radius 2 is 1.90 bits per heavy atom. The summed E-state index contributed by atoms with van der Waals surface area (Å²) in [5, 5.41) is 5.92. The van der Waals surface area contributed by atoms with E-state index in [0.717, 1.165) is 11.4 Å². The molecule has 5 heteroatoms. The summed E-state index contributed by atoms with van der Waals surface area (Å²) in [7, 11) is 1.56. The molecule has 1 heterocycles. The summed E-state index contributed by atoms with van der Waals surface area (Å²) in [6.07, 6.45) is 1.63.